The summed E-state index contributed by atoms with van der Waals surface area (Å²) < 4.78 is 68.0. The number of carbonyl (C=O) groups excluding carboxylic acids is 4. The molecule has 0 spiro atoms. The fourth-order valence-corrected chi connectivity index (χ4v) is 11.3. The minimum atomic E-state index is -4.95. The first-order chi connectivity index (χ1) is 40.8. The van der Waals surface area contributed by atoms with Crippen molar-refractivity contribution in [3.05, 3.63) is 0 Å². The molecule has 0 aromatic heterocycles. The Labute approximate surface area is 517 Å². The summed E-state index contributed by atoms with van der Waals surface area (Å²) in [7, 11) is -9.89. The quantitative estimate of drug-likeness (QED) is 0.0222. The lowest BCUT2D eigenvalue weighted by Crippen LogP contribution is -2.30. The summed E-state index contributed by atoms with van der Waals surface area (Å²) in [6.07, 6.45) is 38.9. The van der Waals surface area contributed by atoms with E-state index in [1.54, 1.807) is 0 Å². The number of carbonyl (C=O) groups is 4. The van der Waals surface area contributed by atoms with E-state index in [1.165, 1.54) is 122 Å². The third-order valence-corrected chi connectivity index (χ3v) is 18.1. The second-order valence-electron chi connectivity index (χ2n) is 24.6. The number of aliphatic hydroxyl groups is 1. The lowest BCUT2D eigenvalue weighted by atomic mass is 9.99. The summed E-state index contributed by atoms with van der Waals surface area (Å²) in [6.45, 7) is 11.8. The summed E-state index contributed by atoms with van der Waals surface area (Å²) in [5.41, 5.74) is 0. The highest BCUT2D eigenvalue weighted by Crippen LogP contribution is 2.45. The van der Waals surface area contributed by atoms with Crippen LogP contribution in [0.25, 0.3) is 0 Å². The Morgan fingerprint density at radius 1 is 0.329 bits per heavy atom. The van der Waals surface area contributed by atoms with Crippen LogP contribution >= 0.6 is 15.6 Å². The molecule has 17 nitrogen and oxygen atoms in total. The van der Waals surface area contributed by atoms with E-state index in [9.17, 15) is 43.2 Å². The highest BCUT2D eigenvalue weighted by molar-refractivity contribution is 7.47. The first kappa shape index (κ1) is 83.1. The normalized spacial score (nSPS) is 15.3. The second-order valence-corrected chi connectivity index (χ2v) is 27.5. The molecule has 0 fully saturated rings. The number of unbranched alkanes of at least 4 members (excludes halogenated alkanes) is 29. The lowest BCUT2D eigenvalue weighted by molar-refractivity contribution is -0.161. The molecule has 0 aromatic rings. The number of phosphoric ester groups is 2. The third-order valence-electron chi connectivity index (χ3n) is 16.2. The van der Waals surface area contributed by atoms with Crippen molar-refractivity contribution in [2.75, 3.05) is 39.6 Å². The number of esters is 4. The number of ether oxygens (including phenoxy) is 4. The molecule has 0 aromatic carbocycles. The van der Waals surface area contributed by atoms with Crippen molar-refractivity contribution in [1.29, 1.82) is 0 Å². The van der Waals surface area contributed by atoms with Crippen LogP contribution in [0.5, 0.6) is 0 Å². The predicted molar refractivity (Wildman–Crippen MR) is 340 cm³/mol. The van der Waals surface area contributed by atoms with Crippen LogP contribution < -0.4 is 0 Å². The molecule has 0 aliphatic rings. The molecule has 504 valence electrons. The van der Waals surface area contributed by atoms with Crippen molar-refractivity contribution < 1.29 is 80.2 Å². The third kappa shape index (κ3) is 57.0. The van der Waals surface area contributed by atoms with Crippen LogP contribution in [0.15, 0.2) is 0 Å². The lowest BCUT2D eigenvalue weighted by Gasteiger charge is -2.21. The maximum absolute atomic E-state index is 13.0. The van der Waals surface area contributed by atoms with Gasteiger partial charge in [0.15, 0.2) is 12.2 Å². The zero-order valence-corrected chi connectivity index (χ0v) is 56.9. The monoisotopic (exact) mass is 1250 g/mol. The highest BCUT2D eigenvalue weighted by Gasteiger charge is 2.30. The molecule has 0 amide bonds. The Hall–Kier alpha value is -1.94. The maximum atomic E-state index is 13.0. The molecule has 0 aliphatic heterocycles. The summed E-state index contributed by atoms with van der Waals surface area (Å²) in [5.74, 6) is 0.194. The molecule has 0 rings (SSSR count). The van der Waals surface area contributed by atoms with Gasteiger partial charge in [-0.15, -0.1) is 0 Å². The molecular weight excluding hydrogens is 1130 g/mol. The molecular formula is C66H128O17P2. The van der Waals surface area contributed by atoms with Crippen molar-refractivity contribution in [1.82, 2.24) is 0 Å². The van der Waals surface area contributed by atoms with E-state index in [0.717, 1.165) is 120 Å². The fourth-order valence-electron chi connectivity index (χ4n) is 9.74. The van der Waals surface area contributed by atoms with Gasteiger partial charge in [0, 0.05) is 25.7 Å². The molecule has 8 atom stereocenters. The van der Waals surface area contributed by atoms with Gasteiger partial charge >= 0.3 is 39.5 Å². The van der Waals surface area contributed by atoms with E-state index < -0.39 is 97.5 Å². The van der Waals surface area contributed by atoms with E-state index in [-0.39, 0.29) is 25.7 Å². The molecule has 3 N–H and O–H groups in total. The summed E-state index contributed by atoms with van der Waals surface area (Å²) in [4.78, 5) is 72.2. The average molecular weight is 1260 g/mol. The van der Waals surface area contributed by atoms with Crippen LogP contribution in [0.1, 0.15) is 325 Å². The number of hydrogen-bond acceptors (Lipinski definition) is 15. The Kier molecular flexibility index (Phi) is 55.9. The van der Waals surface area contributed by atoms with Crippen LogP contribution in [0.2, 0.25) is 0 Å². The van der Waals surface area contributed by atoms with Crippen molar-refractivity contribution in [2.24, 2.45) is 17.8 Å². The van der Waals surface area contributed by atoms with Gasteiger partial charge in [-0.05, 0) is 43.4 Å². The van der Waals surface area contributed by atoms with E-state index in [4.69, 9.17) is 37.0 Å². The highest BCUT2D eigenvalue weighted by atomic mass is 31.2. The number of phosphoric acid groups is 2. The van der Waals surface area contributed by atoms with Gasteiger partial charge < -0.3 is 33.8 Å². The Morgan fingerprint density at radius 3 is 0.835 bits per heavy atom. The summed E-state index contributed by atoms with van der Waals surface area (Å²) >= 11 is 0. The van der Waals surface area contributed by atoms with Gasteiger partial charge in [0.2, 0.25) is 0 Å². The maximum Gasteiger partial charge on any atom is 0.472 e. The summed E-state index contributed by atoms with van der Waals surface area (Å²) in [5, 5.41) is 10.5. The second kappa shape index (κ2) is 57.2. The van der Waals surface area contributed by atoms with E-state index in [2.05, 4.69) is 48.5 Å². The van der Waals surface area contributed by atoms with Gasteiger partial charge in [-0.1, -0.05) is 273 Å². The SMILES string of the molecule is CCCCCCCCCC(=O)OC[C@H](COP(=O)(O)OC[C@H](O)COP(=O)(O)OC[C@@H](COC(=O)CCCCCCCCCCCCC(C)CC)OC(=O)CCCCCCCCCCCCC(C)CC)OC(=O)CCCCCCCCC(C)CC. The van der Waals surface area contributed by atoms with Gasteiger partial charge in [-0.2, -0.15) is 0 Å². The molecule has 0 bridgehead atoms. The Bertz CT molecular complexity index is 1690. The topological polar surface area (TPSA) is 237 Å². The zero-order valence-electron chi connectivity index (χ0n) is 55.1. The molecule has 0 aliphatic carbocycles. The fraction of sp³-hybridized carbons (Fsp3) is 0.939. The minimum absolute atomic E-state index is 0.102. The van der Waals surface area contributed by atoms with Crippen LogP contribution in [-0.4, -0.2) is 96.7 Å². The van der Waals surface area contributed by atoms with Crippen molar-refractivity contribution in [3.8, 4) is 0 Å². The van der Waals surface area contributed by atoms with Crippen LogP contribution in [0.4, 0.5) is 0 Å². The predicted octanol–water partition coefficient (Wildman–Crippen LogP) is 18.3. The first-order valence-corrected chi connectivity index (χ1v) is 37.5. The van der Waals surface area contributed by atoms with Gasteiger partial charge in [0.05, 0.1) is 26.4 Å². The van der Waals surface area contributed by atoms with Gasteiger partial charge in [-0.25, -0.2) is 9.13 Å². The minimum Gasteiger partial charge on any atom is -0.462 e. The summed E-state index contributed by atoms with van der Waals surface area (Å²) in [6, 6.07) is 0. The molecule has 0 radical (unpaired) electrons. The van der Waals surface area contributed by atoms with Gasteiger partial charge in [-0.3, -0.25) is 37.3 Å². The van der Waals surface area contributed by atoms with E-state index >= 15 is 0 Å². The number of hydrogen-bond donors (Lipinski definition) is 3. The van der Waals surface area contributed by atoms with Crippen LogP contribution in [0, 0.1) is 17.8 Å². The molecule has 85 heavy (non-hydrogen) atoms. The molecule has 0 heterocycles. The van der Waals surface area contributed by atoms with Crippen molar-refractivity contribution >= 4 is 39.5 Å². The first-order valence-electron chi connectivity index (χ1n) is 34.5. The standard InChI is InChI=1S/C66H128O17P2/c1-8-12-13-14-23-33-40-47-63(68)76-53-62(83-66(71)50-43-36-29-28-32-39-46-59(7)11-4)56-81-85(74,75)79-52-60(67)51-78-84(72,73)80-55-61(82-65(70)49-42-35-27-22-18-16-20-25-31-38-45-58(6)10-3)54-77-64(69)48-41-34-26-21-17-15-19-24-30-37-44-57(5)9-2/h57-62,67H,8-56H2,1-7H3,(H,72,73)(H,74,75)/t57?,58?,59?,60-,61-,62-/m1/s1. The molecule has 19 heteroatoms. The largest absolute Gasteiger partial charge is 0.472 e. The van der Waals surface area contributed by atoms with E-state index in [0.29, 0.717) is 25.7 Å². The van der Waals surface area contributed by atoms with Gasteiger partial charge in [0.1, 0.15) is 19.3 Å². The molecule has 0 saturated heterocycles. The Morgan fingerprint density at radius 2 is 0.565 bits per heavy atom. The Balaban J connectivity index is 5.23. The van der Waals surface area contributed by atoms with E-state index in [1.807, 2.05) is 0 Å². The molecule has 5 unspecified atom stereocenters. The van der Waals surface area contributed by atoms with Gasteiger partial charge in [0.25, 0.3) is 0 Å². The number of aliphatic hydroxyl groups excluding tert-OH is 1. The van der Waals surface area contributed by atoms with Crippen molar-refractivity contribution in [3.63, 3.8) is 0 Å². The molecule has 0 saturated carbocycles. The van der Waals surface area contributed by atoms with Crippen LogP contribution in [0.3, 0.4) is 0 Å². The van der Waals surface area contributed by atoms with Crippen molar-refractivity contribution in [2.45, 2.75) is 343 Å². The smallest absolute Gasteiger partial charge is 0.462 e. The van der Waals surface area contributed by atoms with Crippen LogP contribution in [-0.2, 0) is 65.4 Å². The number of rotatable bonds is 64. The zero-order chi connectivity index (χ0) is 63.1. The average Bonchev–Trinajstić information content (AvgIpc) is 3.62.